The lowest BCUT2D eigenvalue weighted by Crippen LogP contribution is -2.12. The van der Waals surface area contributed by atoms with Crippen molar-refractivity contribution in [1.29, 1.82) is 0 Å². The van der Waals surface area contributed by atoms with Gasteiger partial charge in [-0.1, -0.05) is 0 Å². The molecule has 2 aromatic rings. The molecule has 0 aliphatic carbocycles. The van der Waals surface area contributed by atoms with Crippen molar-refractivity contribution in [2.75, 3.05) is 5.32 Å². The third-order valence-corrected chi connectivity index (χ3v) is 3.88. The molecule has 0 radical (unpaired) electrons. The Morgan fingerprint density at radius 2 is 1.48 bits per heavy atom. The van der Waals surface area contributed by atoms with Crippen molar-refractivity contribution >= 4 is 49.4 Å². The molecule has 0 aliphatic rings. The van der Waals surface area contributed by atoms with Crippen molar-refractivity contribution < 1.29 is 19.8 Å². The van der Waals surface area contributed by atoms with Gasteiger partial charge in [-0.25, -0.2) is 4.79 Å². The summed E-state index contributed by atoms with van der Waals surface area (Å²) in [7, 11) is 0. The standard InChI is InChI=1S/C14H9Br2NO4/c15-10-5-8(6-11(16)12(10)18)13(19)17-9-3-1-7(2-4-9)14(20)21/h1-6,18H,(H,17,19)(H,20,21). The molecule has 0 fully saturated rings. The molecule has 0 spiro atoms. The lowest BCUT2D eigenvalue weighted by Gasteiger charge is -2.08. The number of carboxylic acid groups (broad SMARTS) is 1. The molecule has 0 aliphatic heterocycles. The summed E-state index contributed by atoms with van der Waals surface area (Å²) in [6.07, 6.45) is 0. The Kier molecular flexibility index (Phi) is 4.64. The van der Waals surface area contributed by atoms with E-state index in [1.54, 1.807) is 0 Å². The van der Waals surface area contributed by atoms with Gasteiger partial charge in [-0.2, -0.15) is 0 Å². The molecular formula is C14H9Br2NO4. The van der Waals surface area contributed by atoms with Crippen molar-refractivity contribution in [1.82, 2.24) is 0 Å². The average molecular weight is 415 g/mol. The zero-order chi connectivity index (χ0) is 15.6. The molecule has 0 aromatic heterocycles. The molecule has 5 nitrogen and oxygen atoms in total. The Morgan fingerprint density at radius 1 is 0.952 bits per heavy atom. The molecule has 2 aromatic carbocycles. The number of anilines is 1. The number of rotatable bonds is 3. The van der Waals surface area contributed by atoms with Crippen LogP contribution in [-0.2, 0) is 0 Å². The van der Waals surface area contributed by atoms with Gasteiger partial charge in [0.15, 0.2) is 0 Å². The van der Waals surface area contributed by atoms with E-state index in [-0.39, 0.29) is 17.2 Å². The number of phenols is 1. The minimum Gasteiger partial charge on any atom is -0.506 e. The third kappa shape index (κ3) is 3.62. The first-order valence-corrected chi connectivity index (χ1v) is 7.30. The van der Waals surface area contributed by atoms with Crippen LogP contribution in [0.3, 0.4) is 0 Å². The number of amides is 1. The van der Waals surface area contributed by atoms with E-state index in [2.05, 4.69) is 37.2 Å². The van der Waals surface area contributed by atoms with E-state index in [9.17, 15) is 14.7 Å². The number of hydrogen-bond acceptors (Lipinski definition) is 3. The van der Waals surface area contributed by atoms with Gasteiger partial charge in [-0.05, 0) is 68.3 Å². The highest BCUT2D eigenvalue weighted by Crippen LogP contribution is 2.33. The molecule has 21 heavy (non-hydrogen) atoms. The molecule has 0 saturated heterocycles. The lowest BCUT2D eigenvalue weighted by molar-refractivity contribution is 0.0696. The number of phenolic OH excluding ortho intramolecular Hbond substituents is 1. The Balaban J connectivity index is 2.20. The first-order valence-electron chi connectivity index (χ1n) is 5.71. The molecule has 7 heteroatoms. The largest absolute Gasteiger partial charge is 0.506 e. The van der Waals surface area contributed by atoms with Gasteiger partial charge >= 0.3 is 5.97 Å². The van der Waals surface area contributed by atoms with Crippen molar-refractivity contribution in [3.63, 3.8) is 0 Å². The number of hydrogen-bond donors (Lipinski definition) is 3. The van der Waals surface area contributed by atoms with E-state index in [0.717, 1.165) is 0 Å². The van der Waals surface area contributed by atoms with E-state index in [1.165, 1.54) is 36.4 Å². The van der Waals surface area contributed by atoms with Crippen molar-refractivity contribution in [3.05, 3.63) is 56.5 Å². The van der Waals surface area contributed by atoms with Crippen LogP contribution in [-0.4, -0.2) is 22.1 Å². The summed E-state index contributed by atoms with van der Waals surface area (Å²) < 4.78 is 0.784. The molecule has 1 amide bonds. The monoisotopic (exact) mass is 413 g/mol. The minimum atomic E-state index is -1.03. The van der Waals surface area contributed by atoms with Gasteiger partial charge in [0.2, 0.25) is 0 Å². The molecule has 0 heterocycles. The van der Waals surface area contributed by atoms with E-state index in [0.29, 0.717) is 20.2 Å². The fourth-order valence-electron chi connectivity index (χ4n) is 1.60. The number of benzene rings is 2. The van der Waals surface area contributed by atoms with E-state index >= 15 is 0 Å². The maximum absolute atomic E-state index is 12.1. The van der Waals surface area contributed by atoms with E-state index in [4.69, 9.17) is 5.11 Å². The van der Waals surface area contributed by atoms with Crippen LogP contribution in [0.5, 0.6) is 5.75 Å². The SMILES string of the molecule is O=C(O)c1ccc(NC(=O)c2cc(Br)c(O)c(Br)c2)cc1. The lowest BCUT2D eigenvalue weighted by atomic mass is 10.2. The fourth-order valence-corrected chi connectivity index (χ4v) is 2.78. The van der Waals surface area contributed by atoms with Crippen molar-refractivity contribution in [3.8, 4) is 5.75 Å². The maximum Gasteiger partial charge on any atom is 0.335 e. The molecule has 0 unspecified atom stereocenters. The average Bonchev–Trinajstić information content (AvgIpc) is 2.44. The quantitative estimate of drug-likeness (QED) is 0.711. The summed E-state index contributed by atoms with van der Waals surface area (Å²) in [5.41, 5.74) is 0.960. The molecule has 3 N–H and O–H groups in total. The summed E-state index contributed by atoms with van der Waals surface area (Å²) in [5, 5.41) is 21.0. The van der Waals surface area contributed by atoms with Crippen LogP contribution in [0.1, 0.15) is 20.7 Å². The van der Waals surface area contributed by atoms with Crippen LogP contribution in [0.4, 0.5) is 5.69 Å². The number of aromatic hydroxyl groups is 1. The summed E-state index contributed by atoms with van der Waals surface area (Å²) in [6, 6.07) is 8.79. The summed E-state index contributed by atoms with van der Waals surface area (Å²) in [6.45, 7) is 0. The number of carboxylic acids is 1. The predicted molar refractivity (Wildman–Crippen MR) is 84.9 cm³/mol. The highest BCUT2D eigenvalue weighted by molar-refractivity contribution is 9.11. The second-order valence-electron chi connectivity index (χ2n) is 4.13. The zero-order valence-electron chi connectivity index (χ0n) is 10.4. The second-order valence-corrected chi connectivity index (χ2v) is 5.83. The number of carbonyl (C=O) groups excluding carboxylic acids is 1. The van der Waals surface area contributed by atoms with Crippen LogP contribution in [0, 0.1) is 0 Å². The van der Waals surface area contributed by atoms with Crippen LogP contribution in [0.2, 0.25) is 0 Å². The van der Waals surface area contributed by atoms with Gasteiger partial charge in [-0.15, -0.1) is 0 Å². The fraction of sp³-hybridized carbons (Fsp3) is 0. The van der Waals surface area contributed by atoms with Gasteiger partial charge in [-0.3, -0.25) is 4.79 Å². The van der Waals surface area contributed by atoms with Crippen molar-refractivity contribution in [2.24, 2.45) is 0 Å². The summed E-state index contributed by atoms with van der Waals surface area (Å²) >= 11 is 6.30. The Hall–Kier alpha value is -1.86. The first kappa shape index (κ1) is 15.5. The van der Waals surface area contributed by atoms with Crippen LogP contribution >= 0.6 is 31.9 Å². The van der Waals surface area contributed by atoms with Crippen molar-refractivity contribution in [2.45, 2.75) is 0 Å². The number of nitrogens with one attached hydrogen (secondary N) is 1. The first-order chi connectivity index (χ1) is 9.88. The third-order valence-electron chi connectivity index (χ3n) is 2.67. The minimum absolute atomic E-state index is 0.0114. The van der Waals surface area contributed by atoms with E-state index in [1.807, 2.05) is 0 Å². The van der Waals surface area contributed by atoms with Gasteiger partial charge in [0.1, 0.15) is 5.75 Å². The Morgan fingerprint density at radius 3 is 1.95 bits per heavy atom. The highest BCUT2D eigenvalue weighted by Gasteiger charge is 2.12. The van der Waals surface area contributed by atoms with Gasteiger partial charge in [0.05, 0.1) is 14.5 Å². The van der Waals surface area contributed by atoms with Gasteiger partial charge in [0.25, 0.3) is 5.91 Å². The summed E-state index contributed by atoms with van der Waals surface area (Å²) in [4.78, 5) is 22.8. The molecule has 0 saturated carbocycles. The van der Waals surface area contributed by atoms with Crippen LogP contribution in [0.25, 0.3) is 0 Å². The normalized spacial score (nSPS) is 10.2. The second kappa shape index (κ2) is 6.28. The van der Waals surface area contributed by atoms with Gasteiger partial charge in [0, 0.05) is 11.3 Å². The molecule has 108 valence electrons. The van der Waals surface area contributed by atoms with Gasteiger partial charge < -0.3 is 15.5 Å². The molecule has 0 bridgehead atoms. The topological polar surface area (TPSA) is 86.6 Å². The number of carbonyl (C=O) groups is 2. The maximum atomic E-state index is 12.1. The zero-order valence-corrected chi connectivity index (χ0v) is 13.6. The van der Waals surface area contributed by atoms with E-state index < -0.39 is 5.97 Å². The van der Waals surface area contributed by atoms with Crippen LogP contribution < -0.4 is 5.32 Å². The Labute approximate surface area is 136 Å². The predicted octanol–water partition coefficient (Wildman–Crippen LogP) is 3.87. The number of halogens is 2. The van der Waals surface area contributed by atoms with Crippen LogP contribution in [0.15, 0.2) is 45.3 Å². The Bertz CT molecular complexity index is 690. The highest BCUT2D eigenvalue weighted by atomic mass is 79.9. The summed E-state index contributed by atoms with van der Waals surface area (Å²) in [5.74, 6) is -1.39. The molecule has 0 atom stereocenters. The smallest absolute Gasteiger partial charge is 0.335 e. The molecule has 2 rings (SSSR count). The molecular weight excluding hydrogens is 406 g/mol. The number of aromatic carboxylic acids is 1.